The zero-order chi connectivity index (χ0) is 23.1. The molecule has 0 unspecified atom stereocenters. The number of nitrogens with one attached hydrogen (secondary N) is 3. The van der Waals surface area contributed by atoms with Gasteiger partial charge in [0, 0.05) is 24.7 Å². The lowest BCUT2D eigenvalue weighted by molar-refractivity contribution is -0.277. The van der Waals surface area contributed by atoms with E-state index in [2.05, 4.69) is 11.0 Å². The number of amides is 1. The van der Waals surface area contributed by atoms with E-state index in [1.807, 2.05) is 11.2 Å². The highest BCUT2D eigenvalue weighted by atomic mass is 16.7. The van der Waals surface area contributed by atoms with Crippen LogP contribution in [0.5, 0.6) is 5.75 Å². The fourth-order valence-corrected chi connectivity index (χ4v) is 3.43. The van der Waals surface area contributed by atoms with E-state index in [0.29, 0.717) is 18.6 Å². The van der Waals surface area contributed by atoms with E-state index in [0.717, 1.165) is 30.6 Å². The number of carbonyl (C=O) groups excluding carboxylic acids is 1. The van der Waals surface area contributed by atoms with Crippen LogP contribution in [0.3, 0.4) is 0 Å². The minimum atomic E-state index is -1.50. The molecular formula is C20H30N4O8. The topological polar surface area (TPSA) is 176 Å². The summed E-state index contributed by atoms with van der Waals surface area (Å²) in [6.45, 7) is 0.209. The highest BCUT2D eigenvalue weighted by Gasteiger charge is 2.44. The number of aliphatic hydroxyl groups excluding tert-OH is 4. The summed E-state index contributed by atoms with van der Waals surface area (Å²) in [5, 5.41) is 49.4. The summed E-state index contributed by atoms with van der Waals surface area (Å²) in [5.41, 5.74) is 9.43. The van der Waals surface area contributed by atoms with Crippen molar-refractivity contribution in [1.29, 1.82) is 0 Å². The lowest BCUT2D eigenvalue weighted by Gasteiger charge is -2.39. The van der Waals surface area contributed by atoms with Crippen LogP contribution in [0.1, 0.15) is 31.2 Å². The third-order valence-electron chi connectivity index (χ3n) is 5.31. The lowest BCUT2D eigenvalue weighted by atomic mass is 9.99. The molecule has 32 heavy (non-hydrogen) atoms. The van der Waals surface area contributed by atoms with Gasteiger partial charge in [-0.25, -0.2) is 5.48 Å². The maximum absolute atomic E-state index is 11.0. The molecular weight excluding hydrogens is 424 g/mol. The Morgan fingerprint density at radius 1 is 1.09 bits per heavy atom. The molecule has 0 aliphatic carbocycles. The average molecular weight is 454 g/mol. The van der Waals surface area contributed by atoms with Crippen LogP contribution in [0.2, 0.25) is 0 Å². The SMILES string of the molecule is O=C(CCCCCN1C=C(c2ccc(O[C@H]3O[C@H](CO)[C@@H](O)[C@H](O)[C@@H]3O)cc2)NN1)NO. The fraction of sp³-hybridized carbons (Fsp3) is 0.550. The van der Waals surface area contributed by atoms with Gasteiger partial charge in [0.1, 0.15) is 30.2 Å². The van der Waals surface area contributed by atoms with Crippen molar-refractivity contribution in [2.45, 2.75) is 56.4 Å². The first-order valence-corrected chi connectivity index (χ1v) is 10.4. The molecule has 2 aliphatic rings. The van der Waals surface area contributed by atoms with Crippen LogP contribution in [-0.2, 0) is 9.53 Å². The summed E-state index contributed by atoms with van der Waals surface area (Å²) < 4.78 is 10.9. The molecule has 2 heterocycles. The maximum Gasteiger partial charge on any atom is 0.243 e. The molecule has 5 atom stereocenters. The molecule has 1 saturated heterocycles. The van der Waals surface area contributed by atoms with E-state index < -0.39 is 37.3 Å². The van der Waals surface area contributed by atoms with Gasteiger partial charge in [0.2, 0.25) is 12.2 Å². The predicted octanol–water partition coefficient (Wildman–Crippen LogP) is -1.45. The van der Waals surface area contributed by atoms with Crippen molar-refractivity contribution in [2.75, 3.05) is 13.2 Å². The quantitative estimate of drug-likeness (QED) is 0.118. The number of hydrazine groups is 2. The molecule has 0 radical (unpaired) electrons. The summed E-state index contributed by atoms with van der Waals surface area (Å²) in [4.78, 5) is 11.0. The Kier molecular flexibility index (Phi) is 8.64. The number of nitrogens with zero attached hydrogens (tertiary/aromatic N) is 1. The van der Waals surface area contributed by atoms with Gasteiger partial charge in [0.15, 0.2) is 0 Å². The first-order chi connectivity index (χ1) is 15.4. The van der Waals surface area contributed by atoms with Crippen molar-refractivity contribution >= 4 is 11.6 Å². The number of carbonyl (C=O) groups is 1. The first-order valence-electron chi connectivity index (χ1n) is 10.4. The number of aliphatic hydroxyl groups is 4. The summed E-state index contributed by atoms with van der Waals surface area (Å²) >= 11 is 0. The molecule has 8 N–H and O–H groups in total. The monoisotopic (exact) mass is 454 g/mol. The van der Waals surface area contributed by atoms with E-state index in [4.69, 9.17) is 14.7 Å². The number of hydrogen-bond acceptors (Lipinski definition) is 11. The van der Waals surface area contributed by atoms with Gasteiger partial charge in [-0.05, 0) is 37.1 Å². The van der Waals surface area contributed by atoms with Gasteiger partial charge in [-0.2, -0.15) is 0 Å². The van der Waals surface area contributed by atoms with Crippen molar-refractivity contribution < 1.29 is 39.9 Å². The first kappa shape index (κ1) is 24.2. The Bertz CT molecular complexity index is 775. The van der Waals surface area contributed by atoms with Gasteiger partial charge in [0.25, 0.3) is 0 Å². The lowest BCUT2D eigenvalue weighted by Crippen LogP contribution is -2.60. The summed E-state index contributed by atoms with van der Waals surface area (Å²) in [6.07, 6.45) is -2.07. The number of unbranched alkanes of at least 4 members (excludes halogenated alkanes) is 2. The van der Waals surface area contributed by atoms with Crippen LogP contribution in [0.15, 0.2) is 30.5 Å². The van der Waals surface area contributed by atoms with Crippen LogP contribution in [0.25, 0.3) is 5.70 Å². The smallest absolute Gasteiger partial charge is 0.243 e. The van der Waals surface area contributed by atoms with E-state index in [-0.39, 0.29) is 5.91 Å². The molecule has 178 valence electrons. The molecule has 3 rings (SSSR count). The highest BCUT2D eigenvalue weighted by molar-refractivity contribution is 5.74. The highest BCUT2D eigenvalue weighted by Crippen LogP contribution is 2.25. The van der Waals surface area contributed by atoms with Crippen molar-refractivity contribution in [1.82, 2.24) is 21.4 Å². The fourth-order valence-electron chi connectivity index (χ4n) is 3.43. The van der Waals surface area contributed by atoms with E-state index in [1.165, 1.54) is 0 Å². The Balaban J connectivity index is 1.49. The molecule has 1 fully saturated rings. The third-order valence-corrected chi connectivity index (χ3v) is 5.31. The van der Waals surface area contributed by atoms with Gasteiger partial charge in [-0.3, -0.25) is 15.0 Å². The number of ether oxygens (including phenoxy) is 2. The van der Waals surface area contributed by atoms with Crippen LogP contribution < -0.4 is 21.2 Å². The molecule has 1 aromatic rings. The minimum Gasteiger partial charge on any atom is -0.462 e. The molecule has 1 aromatic carbocycles. The summed E-state index contributed by atoms with van der Waals surface area (Å²) in [5.74, 6) is 0.000485. The standard InChI is InChI=1S/C20H30N4O8/c25-11-15-17(27)18(28)19(29)20(32-15)31-13-7-5-12(6-8-13)14-10-24(23-21-14)9-3-1-2-4-16(26)22-30/h5-8,10,15,17-21,23,25,27-30H,1-4,9,11H2,(H,22,26)/t15-,17-,18+,19+,20+/m1/s1. The van der Waals surface area contributed by atoms with Gasteiger partial charge < -0.3 is 35.3 Å². The Morgan fingerprint density at radius 3 is 2.53 bits per heavy atom. The zero-order valence-corrected chi connectivity index (χ0v) is 17.4. The van der Waals surface area contributed by atoms with Crippen molar-refractivity contribution in [3.05, 3.63) is 36.0 Å². The van der Waals surface area contributed by atoms with E-state index in [1.54, 1.807) is 29.7 Å². The molecule has 0 saturated carbocycles. The second-order valence-electron chi connectivity index (χ2n) is 7.66. The second-order valence-corrected chi connectivity index (χ2v) is 7.66. The molecule has 0 bridgehead atoms. The molecule has 2 aliphatic heterocycles. The largest absolute Gasteiger partial charge is 0.462 e. The van der Waals surface area contributed by atoms with Crippen LogP contribution in [-0.4, -0.2) is 80.4 Å². The molecule has 0 spiro atoms. The van der Waals surface area contributed by atoms with Gasteiger partial charge in [0.05, 0.1) is 12.3 Å². The Hall–Kier alpha value is -2.45. The van der Waals surface area contributed by atoms with Crippen molar-refractivity contribution in [2.24, 2.45) is 0 Å². The van der Waals surface area contributed by atoms with Gasteiger partial charge in [-0.1, -0.05) is 6.42 Å². The number of benzene rings is 1. The molecule has 0 aromatic heterocycles. The summed E-state index contributed by atoms with van der Waals surface area (Å²) in [6, 6.07) is 6.95. The average Bonchev–Trinajstić information content (AvgIpc) is 3.28. The van der Waals surface area contributed by atoms with E-state index >= 15 is 0 Å². The van der Waals surface area contributed by atoms with E-state index in [9.17, 15) is 25.2 Å². The predicted molar refractivity (Wildman–Crippen MR) is 110 cm³/mol. The molecule has 12 heteroatoms. The normalized spacial score (nSPS) is 27.6. The van der Waals surface area contributed by atoms with Crippen molar-refractivity contribution in [3.8, 4) is 5.75 Å². The number of rotatable bonds is 10. The summed E-state index contributed by atoms with van der Waals surface area (Å²) in [7, 11) is 0. The van der Waals surface area contributed by atoms with Crippen molar-refractivity contribution in [3.63, 3.8) is 0 Å². The Labute approximate surface area is 185 Å². The Morgan fingerprint density at radius 2 is 1.84 bits per heavy atom. The maximum atomic E-state index is 11.0. The zero-order valence-electron chi connectivity index (χ0n) is 17.4. The van der Waals surface area contributed by atoms with Gasteiger partial charge >= 0.3 is 0 Å². The van der Waals surface area contributed by atoms with Crippen LogP contribution >= 0.6 is 0 Å². The van der Waals surface area contributed by atoms with Crippen LogP contribution in [0, 0.1) is 0 Å². The second kappa shape index (κ2) is 11.4. The molecule has 12 nitrogen and oxygen atoms in total. The number of hydrogen-bond donors (Lipinski definition) is 8. The third kappa shape index (κ3) is 6.07. The number of hydroxylamine groups is 1. The van der Waals surface area contributed by atoms with Crippen LogP contribution in [0.4, 0.5) is 0 Å². The minimum absolute atomic E-state index is 0.292. The van der Waals surface area contributed by atoms with Gasteiger partial charge in [-0.15, -0.1) is 5.53 Å². The molecule has 1 amide bonds.